The van der Waals surface area contributed by atoms with Crippen molar-refractivity contribution in [2.24, 2.45) is 5.73 Å². The first kappa shape index (κ1) is 14.5. The highest BCUT2D eigenvalue weighted by molar-refractivity contribution is 7.14. The molecule has 1 aliphatic rings. The molecule has 0 aliphatic heterocycles. The van der Waals surface area contributed by atoms with Crippen LogP contribution in [0, 0.1) is 13.8 Å². The van der Waals surface area contributed by atoms with Crippen LogP contribution in [0.25, 0.3) is 0 Å². The number of nitrogens with one attached hydrogen (secondary N) is 1. The van der Waals surface area contributed by atoms with Crippen LogP contribution < -0.4 is 11.1 Å². The Morgan fingerprint density at radius 1 is 1.53 bits per heavy atom. The predicted octanol–water partition coefficient (Wildman–Crippen LogP) is 2.40. The molecule has 3 N–H and O–H groups in total. The molecule has 0 atom stereocenters. The summed E-state index contributed by atoms with van der Waals surface area (Å²) in [7, 11) is 0. The third-order valence-electron chi connectivity index (χ3n) is 3.34. The molecular weight excluding hydrogens is 256 g/mol. The quantitative estimate of drug-likeness (QED) is 0.889. The number of nitrogens with two attached hydrogens (primary N) is 1. The lowest BCUT2D eigenvalue weighted by molar-refractivity contribution is 0.0934. The molecule has 1 saturated carbocycles. The molecule has 2 rings (SSSR count). The third-order valence-corrected chi connectivity index (χ3v) is 4.49. The summed E-state index contributed by atoms with van der Waals surface area (Å²) in [5.41, 5.74) is 7.09. The number of thiophene rings is 1. The van der Waals surface area contributed by atoms with Crippen LogP contribution in [0.15, 0.2) is 6.07 Å². The molecule has 1 aromatic heterocycles. The number of hydrogen-bond acceptors (Lipinski definition) is 3. The second-order valence-electron chi connectivity index (χ2n) is 4.75. The maximum absolute atomic E-state index is 11.8. The van der Waals surface area contributed by atoms with Crippen molar-refractivity contribution >= 4 is 29.7 Å². The molecule has 0 bridgehead atoms. The smallest absolute Gasteiger partial charge is 0.261 e. The summed E-state index contributed by atoms with van der Waals surface area (Å²) in [6.07, 6.45) is 3.23. The standard InChI is InChI=1S/C12H18N2OS.ClH/c1-8-6-10(16-9(8)2)11(15)14-7-12(13)4-3-5-12;/h6H,3-5,7,13H2,1-2H3,(H,14,15);1H. The fraction of sp³-hybridized carbons (Fsp3) is 0.583. The Morgan fingerprint density at radius 2 is 2.18 bits per heavy atom. The molecule has 0 unspecified atom stereocenters. The Kier molecular flexibility index (Phi) is 4.58. The monoisotopic (exact) mass is 274 g/mol. The van der Waals surface area contributed by atoms with E-state index in [1.54, 1.807) is 11.3 Å². The molecule has 17 heavy (non-hydrogen) atoms. The van der Waals surface area contributed by atoms with Gasteiger partial charge in [-0.1, -0.05) is 0 Å². The van der Waals surface area contributed by atoms with Gasteiger partial charge in [0, 0.05) is 17.0 Å². The summed E-state index contributed by atoms with van der Waals surface area (Å²) in [6, 6.07) is 1.94. The number of carbonyl (C=O) groups excluding carboxylic acids is 1. The van der Waals surface area contributed by atoms with Crippen LogP contribution in [0.4, 0.5) is 0 Å². The van der Waals surface area contributed by atoms with Gasteiger partial charge in [-0.05, 0) is 44.7 Å². The van der Waals surface area contributed by atoms with Crippen molar-refractivity contribution in [1.82, 2.24) is 5.32 Å². The first-order chi connectivity index (χ1) is 7.50. The van der Waals surface area contributed by atoms with Crippen LogP contribution in [0.2, 0.25) is 0 Å². The van der Waals surface area contributed by atoms with E-state index in [-0.39, 0.29) is 23.9 Å². The van der Waals surface area contributed by atoms with Gasteiger partial charge in [0.2, 0.25) is 0 Å². The van der Waals surface area contributed by atoms with Crippen LogP contribution in [-0.4, -0.2) is 18.0 Å². The minimum Gasteiger partial charge on any atom is -0.349 e. The largest absolute Gasteiger partial charge is 0.349 e. The molecule has 1 amide bonds. The van der Waals surface area contributed by atoms with E-state index in [0.29, 0.717) is 6.54 Å². The zero-order valence-electron chi connectivity index (χ0n) is 10.2. The molecule has 0 radical (unpaired) electrons. The van der Waals surface area contributed by atoms with Crippen molar-refractivity contribution in [2.75, 3.05) is 6.54 Å². The Hall–Kier alpha value is -0.580. The van der Waals surface area contributed by atoms with E-state index < -0.39 is 0 Å². The highest BCUT2D eigenvalue weighted by atomic mass is 35.5. The average molecular weight is 275 g/mol. The highest BCUT2D eigenvalue weighted by Crippen LogP contribution is 2.28. The molecule has 0 aromatic carbocycles. The molecular formula is C12H19ClN2OS. The van der Waals surface area contributed by atoms with Gasteiger partial charge in [-0.25, -0.2) is 0 Å². The molecule has 0 spiro atoms. The lowest BCUT2D eigenvalue weighted by Gasteiger charge is -2.38. The van der Waals surface area contributed by atoms with E-state index >= 15 is 0 Å². The summed E-state index contributed by atoms with van der Waals surface area (Å²) in [6.45, 7) is 4.66. The molecule has 3 nitrogen and oxygen atoms in total. The SMILES string of the molecule is Cc1cc(C(=O)NCC2(N)CCC2)sc1C.Cl. The lowest BCUT2D eigenvalue weighted by Crippen LogP contribution is -2.54. The molecule has 1 fully saturated rings. The number of rotatable bonds is 3. The number of halogens is 1. The van der Waals surface area contributed by atoms with E-state index in [0.717, 1.165) is 17.7 Å². The summed E-state index contributed by atoms with van der Waals surface area (Å²) >= 11 is 1.55. The first-order valence-electron chi connectivity index (χ1n) is 5.64. The third kappa shape index (κ3) is 3.21. The topological polar surface area (TPSA) is 55.1 Å². The van der Waals surface area contributed by atoms with Crippen molar-refractivity contribution in [3.8, 4) is 0 Å². The van der Waals surface area contributed by atoms with E-state index in [4.69, 9.17) is 5.73 Å². The molecule has 1 heterocycles. The Bertz CT molecular complexity index is 393. The zero-order valence-corrected chi connectivity index (χ0v) is 11.8. The molecule has 96 valence electrons. The van der Waals surface area contributed by atoms with Gasteiger partial charge in [-0.2, -0.15) is 0 Å². The fourth-order valence-corrected chi connectivity index (χ4v) is 2.79. The molecule has 5 heteroatoms. The average Bonchev–Trinajstić information content (AvgIpc) is 2.53. The Morgan fingerprint density at radius 3 is 2.59 bits per heavy atom. The molecule has 0 saturated heterocycles. The summed E-state index contributed by atoms with van der Waals surface area (Å²) in [5.74, 6) is 0.0120. The summed E-state index contributed by atoms with van der Waals surface area (Å²) in [5, 5.41) is 2.93. The van der Waals surface area contributed by atoms with Crippen LogP contribution in [0.1, 0.15) is 39.4 Å². The minimum atomic E-state index is -0.142. The fourth-order valence-electron chi connectivity index (χ4n) is 1.84. The summed E-state index contributed by atoms with van der Waals surface area (Å²) in [4.78, 5) is 13.8. The van der Waals surface area contributed by atoms with Crippen molar-refractivity contribution in [2.45, 2.75) is 38.6 Å². The van der Waals surface area contributed by atoms with Gasteiger partial charge in [0.15, 0.2) is 0 Å². The Balaban J connectivity index is 0.00000144. The van der Waals surface area contributed by atoms with Crippen LogP contribution in [-0.2, 0) is 0 Å². The normalized spacial score (nSPS) is 16.9. The maximum atomic E-state index is 11.8. The predicted molar refractivity (Wildman–Crippen MR) is 74.1 cm³/mol. The van der Waals surface area contributed by atoms with Crippen molar-refractivity contribution in [3.63, 3.8) is 0 Å². The second-order valence-corrected chi connectivity index (χ2v) is 6.00. The van der Waals surface area contributed by atoms with Crippen LogP contribution in [0.3, 0.4) is 0 Å². The number of aryl methyl sites for hydroxylation is 2. The van der Waals surface area contributed by atoms with Crippen molar-refractivity contribution in [3.05, 3.63) is 21.4 Å². The van der Waals surface area contributed by atoms with Gasteiger partial charge in [-0.3, -0.25) is 4.79 Å². The number of amides is 1. The number of hydrogen-bond donors (Lipinski definition) is 2. The number of carbonyl (C=O) groups is 1. The van der Waals surface area contributed by atoms with Gasteiger partial charge in [0.25, 0.3) is 5.91 Å². The summed E-state index contributed by atoms with van der Waals surface area (Å²) < 4.78 is 0. The van der Waals surface area contributed by atoms with E-state index in [1.165, 1.54) is 16.9 Å². The molecule has 1 aliphatic carbocycles. The first-order valence-corrected chi connectivity index (χ1v) is 6.46. The van der Waals surface area contributed by atoms with Crippen LogP contribution in [0.5, 0.6) is 0 Å². The van der Waals surface area contributed by atoms with Crippen molar-refractivity contribution < 1.29 is 4.79 Å². The van der Waals surface area contributed by atoms with Crippen molar-refractivity contribution in [1.29, 1.82) is 0 Å². The highest BCUT2D eigenvalue weighted by Gasteiger charge is 2.32. The van der Waals surface area contributed by atoms with Crippen LogP contribution >= 0.6 is 23.7 Å². The van der Waals surface area contributed by atoms with Gasteiger partial charge >= 0.3 is 0 Å². The second kappa shape index (κ2) is 5.38. The van der Waals surface area contributed by atoms with Gasteiger partial charge in [-0.15, -0.1) is 23.7 Å². The minimum absolute atomic E-state index is 0. The maximum Gasteiger partial charge on any atom is 0.261 e. The zero-order chi connectivity index (χ0) is 11.8. The van der Waals surface area contributed by atoms with Gasteiger partial charge in [0.05, 0.1) is 4.88 Å². The Labute approximate surface area is 112 Å². The lowest BCUT2D eigenvalue weighted by atomic mass is 9.78. The van der Waals surface area contributed by atoms with E-state index in [2.05, 4.69) is 5.32 Å². The van der Waals surface area contributed by atoms with E-state index in [1.807, 2.05) is 19.9 Å². The van der Waals surface area contributed by atoms with Gasteiger partial charge < -0.3 is 11.1 Å². The van der Waals surface area contributed by atoms with Gasteiger partial charge in [0.1, 0.15) is 0 Å². The molecule has 1 aromatic rings. The van der Waals surface area contributed by atoms with E-state index in [9.17, 15) is 4.79 Å².